The van der Waals surface area contributed by atoms with Crippen molar-refractivity contribution in [2.75, 3.05) is 11.9 Å². The van der Waals surface area contributed by atoms with Crippen molar-refractivity contribution in [2.24, 2.45) is 0 Å². The van der Waals surface area contributed by atoms with E-state index in [-0.39, 0.29) is 18.0 Å². The molecule has 2 N–H and O–H groups in total. The van der Waals surface area contributed by atoms with Crippen LogP contribution in [0.1, 0.15) is 10.4 Å². The van der Waals surface area contributed by atoms with Crippen molar-refractivity contribution >= 4 is 33.8 Å². The van der Waals surface area contributed by atoms with E-state index in [1.54, 1.807) is 0 Å². The van der Waals surface area contributed by atoms with E-state index in [4.69, 9.17) is 5.11 Å². The van der Waals surface area contributed by atoms with Gasteiger partial charge in [-0.05, 0) is 28.1 Å². The molecule has 0 aliphatic heterocycles. The zero-order chi connectivity index (χ0) is 12.8. The maximum atomic E-state index is 11.2. The number of carboxylic acid groups (broad SMARTS) is 1. The largest absolute Gasteiger partial charge is 0.478 e. The van der Waals surface area contributed by atoms with Crippen LogP contribution in [0.2, 0.25) is 0 Å². The first kappa shape index (κ1) is 13.2. The highest BCUT2D eigenvalue weighted by Crippen LogP contribution is 2.15. The van der Waals surface area contributed by atoms with E-state index in [9.17, 15) is 9.59 Å². The van der Waals surface area contributed by atoms with Gasteiger partial charge in [0.15, 0.2) is 0 Å². The van der Waals surface area contributed by atoms with Crippen molar-refractivity contribution in [1.29, 1.82) is 0 Å². The highest BCUT2D eigenvalue weighted by molar-refractivity contribution is 9.10. The van der Waals surface area contributed by atoms with E-state index in [0.717, 1.165) is 0 Å². The zero-order valence-electron chi connectivity index (χ0n) is 8.64. The summed E-state index contributed by atoms with van der Waals surface area (Å²) < 4.78 is 4.97. The molecule has 1 aromatic heterocycles. The molecule has 0 fully saturated rings. The van der Waals surface area contributed by atoms with Gasteiger partial charge in [0.25, 0.3) is 0 Å². The average molecular weight is 301 g/mol. The Hall–Kier alpha value is -1.89. The van der Waals surface area contributed by atoms with Gasteiger partial charge >= 0.3 is 12.1 Å². The molecular weight excluding hydrogens is 292 g/mol. The molecule has 17 heavy (non-hydrogen) atoms. The molecular formula is C10H9BrN2O4. The topological polar surface area (TPSA) is 88.5 Å². The van der Waals surface area contributed by atoms with Gasteiger partial charge < -0.3 is 9.84 Å². The second-order valence-electron chi connectivity index (χ2n) is 2.88. The van der Waals surface area contributed by atoms with Crippen LogP contribution in [0, 0.1) is 0 Å². The molecule has 1 rings (SSSR count). The molecule has 0 aliphatic rings. The first-order chi connectivity index (χ1) is 8.02. The van der Waals surface area contributed by atoms with Crippen molar-refractivity contribution in [3.63, 3.8) is 0 Å². The molecule has 0 aliphatic carbocycles. The number of nitrogens with zero attached hydrogens (tertiary/aromatic N) is 1. The van der Waals surface area contributed by atoms with E-state index in [1.165, 1.54) is 18.2 Å². The summed E-state index contributed by atoms with van der Waals surface area (Å²) in [5.41, 5.74) is 0.00546. The van der Waals surface area contributed by atoms with Crippen LogP contribution in [0.15, 0.2) is 29.4 Å². The van der Waals surface area contributed by atoms with Crippen LogP contribution in [0.25, 0.3) is 0 Å². The second-order valence-corrected chi connectivity index (χ2v) is 3.69. The smallest absolute Gasteiger partial charge is 0.413 e. The third-order valence-electron chi connectivity index (χ3n) is 1.60. The summed E-state index contributed by atoms with van der Waals surface area (Å²) >= 11 is 3.04. The molecule has 0 atom stereocenters. The van der Waals surface area contributed by atoms with Gasteiger partial charge in [-0.3, -0.25) is 5.32 Å². The number of nitrogens with one attached hydrogen (secondary N) is 1. The SMILES string of the molecule is C=CCOC(=O)Nc1cc(C(=O)O)cc(Br)n1. The number of aromatic carboxylic acids is 1. The molecule has 6 nitrogen and oxygen atoms in total. The van der Waals surface area contributed by atoms with Crippen LogP contribution < -0.4 is 5.32 Å². The molecule has 0 spiro atoms. The number of rotatable bonds is 4. The number of hydrogen-bond donors (Lipinski definition) is 2. The van der Waals surface area contributed by atoms with Crippen LogP contribution in [0.5, 0.6) is 0 Å². The molecule has 1 amide bonds. The summed E-state index contributed by atoms with van der Waals surface area (Å²) in [6.07, 6.45) is 0.684. The molecule has 1 aromatic rings. The monoisotopic (exact) mass is 300 g/mol. The zero-order valence-corrected chi connectivity index (χ0v) is 10.2. The van der Waals surface area contributed by atoms with Crippen molar-refractivity contribution in [3.8, 4) is 0 Å². The van der Waals surface area contributed by atoms with Crippen molar-refractivity contribution in [3.05, 3.63) is 35.0 Å². The van der Waals surface area contributed by atoms with E-state index in [0.29, 0.717) is 4.60 Å². The standard InChI is InChI=1S/C10H9BrN2O4/c1-2-3-17-10(16)13-8-5-6(9(14)15)4-7(11)12-8/h2,4-5H,1,3H2,(H,14,15)(H,12,13,16). The van der Waals surface area contributed by atoms with E-state index in [2.05, 4.69) is 37.5 Å². The van der Waals surface area contributed by atoms with Gasteiger partial charge in [0.2, 0.25) is 0 Å². The maximum absolute atomic E-state index is 11.2. The lowest BCUT2D eigenvalue weighted by molar-refractivity contribution is 0.0696. The first-order valence-corrected chi connectivity index (χ1v) is 5.28. The molecule has 0 bridgehead atoms. The number of anilines is 1. The Morgan fingerprint density at radius 3 is 2.88 bits per heavy atom. The number of carbonyl (C=O) groups excluding carboxylic acids is 1. The summed E-state index contributed by atoms with van der Waals surface area (Å²) in [6.45, 7) is 3.45. The summed E-state index contributed by atoms with van der Waals surface area (Å²) in [4.78, 5) is 25.8. The van der Waals surface area contributed by atoms with Gasteiger partial charge in [0.1, 0.15) is 17.0 Å². The molecule has 0 saturated carbocycles. The molecule has 90 valence electrons. The van der Waals surface area contributed by atoms with Crippen LogP contribution >= 0.6 is 15.9 Å². The Morgan fingerprint density at radius 2 is 2.29 bits per heavy atom. The number of ether oxygens (including phenoxy) is 1. The molecule has 0 radical (unpaired) electrons. The molecule has 0 unspecified atom stereocenters. The second kappa shape index (κ2) is 6.00. The summed E-state index contributed by atoms with van der Waals surface area (Å²) in [5, 5.41) is 11.1. The highest BCUT2D eigenvalue weighted by atomic mass is 79.9. The van der Waals surface area contributed by atoms with Gasteiger partial charge in [-0.2, -0.15) is 0 Å². The van der Waals surface area contributed by atoms with Crippen molar-refractivity contribution < 1.29 is 19.4 Å². The van der Waals surface area contributed by atoms with Crippen LogP contribution in [0.4, 0.5) is 10.6 Å². The number of carbonyl (C=O) groups is 2. The number of aromatic nitrogens is 1. The van der Waals surface area contributed by atoms with Crippen LogP contribution in [-0.2, 0) is 4.74 Å². The lowest BCUT2D eigenvalue weighted by Gasteiger charge is -2.05. The quantitative estimate of drug-likeness (QED) is 0.658. The van der Waals surface area contributed by atoms with E-state index < -0.39 is 12.1 Å². The average Bonchev–Trinajstić information content (AvgIpc) is 2.25. The summed E-state index contributed by atoms with van der Waals surface area (Å²) in [7, 11) is 0. The minimum Gasteiger partial charge on any atom is -0.478 e. The molecule has 0 saturated heterocycles. The maximum Gasteiger partial charge on any atom is 0.413 e. The minimum atomic E-state index is -1.12. The lowest BCUT2D eigenvalue weighted by atomic mass is 10.2. The minimum absolute atomic E-state index is 0.00546. The van der Waals surface area contributed by atoms with Gasteiger partial charge in [0.05, 0.1) is 5.56 Å². The fourth-order valence-electron chi connectivity index (χ4n) is 0.960. The lowest BCUT2D eigenvalue weighted by Crippen LogP contribution is -2.15. The predicted octanol–water partition coefficient (Wildman–Crippen LogP) is 2.28. The van der Waals surface area contributed by atoms with E-state index in [1.807, 2.05) is 0 Å². The fraction of sp³-hybridized carbons (Fsp3) is 0.100. The van der Waals surface area contributed by atoms with Crippen LogP contribution in [-0.4, -0.2) is 28.8 Å². The summed E-state index contributed by atoms with van der Waals surface area (Å²) in [5.74, 6) is -1.03. The first-order valence-electron chi connectivity index (χ1n) is 4.48. The number of pyridine rings is 1. The molecule has 1 heterocycles. The summed E-state index contributed by atoms with van der Waals surface area (Å²) in [6, 6.07) is 2.55. The fourth-order valence-corrected chi connectivity index (χ4v) is 1.40. The number of amides is 1. The number of hydrogen-bond acceptors (Lipinski definition) is 4. The number of halogens is 1. The van der Waals surface area contributed by atoms with Crippen molar-refractivity contribution in [2.45, 2.75) is 0 Å². The number of carboxylic acids is 1. The normalized spacial score (nSPS) is 9.47. The van der Waals surface area contributed by atoms with Crippen LogP contribution in [0.3, 0.4) is 0 Å². The van der Waals surface area contributed by atoms with Gasteiger partial charge in [-0.15, -0.1) is 0 Å². The van der Waals surface area contributed by atoms with Gasteiger partial charge in [-0.1, -0.05) is 12.7 Å². The highest BCUT2D eigenvalue weighted by Gasteiger charge is 2.09. The van der Waals surface area contributed by atoms with Gasteiger partial charge in [0, 0.05) is 0 Å². The Bertz CT molecular complexity index is 462. The third kappa shape index (κ3) is 4.23. The van der Waals surface area contributed by atoms with E-state index >= 15 is 0 Å². The Kier molecular flexibility index (Phi) is 4.65. The Balaban J connectivity index is 2.80. The predicted molar refractivity (Wildman–Crippen MR) is 64.1 cm³/mol. The van der Waals surface area contributed by atoms with Gasteiger partial charge in [-0.25, -0.2) is 14.6 Å². The van der Waals surface area contributed by atoms with Crippen molar-refractivity contribution in [1.82, 2.24) is 4.98 Å². The Morgan fingerprint density at radius 1 is 1.59 bits per heavy atom. The molecule has 0 aromatic carbocycles. The third-order valence-corrected chi connectivity index (χ3v) is 2.01. The Labute approximate surface area is 105 Å². The molecule has 7 heteroatoms.